The molecule has 0 bridgehead atoms. The molecule has 0 radical (unpaired) electrons. The summed E-state index contributed by atoms with van der Waals surface area (Å²) in [7, 11) is 0. The van der Waals surface area contributed by atoms with Crippen LogP contribution in [0, 0.1) is 13.8 Å². The van der Waals surface area contributed by atoms with Crippen molar-refractivity contribution in [2.45, 2.75) is 45.3 Å². The van der Waals surface area contributed by atoms with Crippen LogP contribution in [0.15, 0.2) is 41.0 Å². The summed E-state index contributed by atoms with van der Waals surface area (Å²) in [5.74, 6) is 0.583. The molecule has 1 aromatic heterocycles. The Kier molecular flexibility index (Phi) is 5.56. The second-order valence-corrected chi connectivity index (χ2v) is 6.83. The van der Waals surface area contributed by atoms with E-state index in [0.717, 1.165) is 30.6 Å². The van der Waals surface area contributed by atoms with Crippen molar-refractivity contribution in [1.82, 2.24) is 4.90 Å². The van der Waals surface area contributed by atoms with Gasteiger partial charge < -0.3 is 14.8 Å². The van der Waals surface area contributed by atoms with Crippen LogP contribution in [0.1, 0.15) is 42.3 Å². The number of nitrogens with one attached hydrogen (secondary N) is 1. The fraction of sp³-hybridized carbons (Fsp3) is 0.450. The predicted molar refractivity (Wildman–Crippen MR) is 97.4 cm³/mol. The van der Waals surface area contributed by atoms with Crippen molar-refractivity contribution < 1.29 is 14.3 Å². The Labute approximate surface area is 148 Å². The van der Waals surface area contributed by atoms with Crippen LogP contribution >= 0.6 is 0 Å². The SMILES string of the molecule is Cc1cccc(NC(=O)CN2CCCC2CC(O)c2ccco2)c1C. The van der Waals surface area contributed by atoms with Crippen LogP contribution in [0.5, 0.6) is 0 Å². The van der Waals surface area contributed by atoms with E-state index in [-0.39, 0.29) is 11.9 Å². The molecule has 0 aliphatic carbocycles. The van der Waals surface area contributed by atoms with Crippen molar-refractivity contribution in [3.8, 4) is 0 Å². The number of aliphatic hydroxyl groups is 1. The van der Waals surface area contributed by atoms with Gasteiger partial charge in [-0.2, -0.15) is 0 Å². The van der Waals surface area contributed by atoms with Gasteiger partial charge in [0.1, 0.15) is 11.9 Å². The van der Waals surface area contributed by atoms with E-state index in [1.807, 2.05) is 32.0 Å². The average Bonchev–Trinajstić information content (AvgIpc) is 3.24. The number of anilines is 1. The standard InChI is InChI=1S/C20H26N2O3/c1-14-6-3-8-17(15(14)2)21-20(24)13-22-10-4-7-16(22)12-18(23)19-9-5-11-25-19/h3,5-6,8-9,11,16,18,23H,4,7,10,12-13H2,1-2H3,(H,21,24). The molecule has 2 unspecified atom stereocenters. The van der Waals surface area contributed by atoms with E-state index in [9.17, 15) is 9.90 Å². The number of carbonyl (C=O) groups is 1. The molecule has 2 heterocycles. The molecule has 1 saturated heterocycles. The maximum Gasteiger partial charge on any atom is 0.238 e. The molecule has 1 aliphatic heterocycles. The lowest BCUT2D eigenvalue weighted by Gasteiger charge is -2.25. The minimum atomic E-state index is -0.623. The molecule has 25 heavy (non-hydrogen) atoms. The average molecular weight is 342 g/mol. The second kappa shape index (κ2) is 7.85. The fourth-order valence-electron chi connectivity index (χ4n) is 3.49. The highest BCUT2D eigenvalue weighted by molar-refractivity contribution is 5.93. The topological polar surface area (TPSA) is 65.7 Å². The fourth-order valence-corrected chi connectivity index (χ4v) is 3.49. The summed E-state index contributed by atoms with van der Waals surface area (Å²) < 4.78 is 5.28. The van der Waals surface area contributed by atoms with Gasteiger partial charge in [0.2, 0.25) is 5.91 Å². The molecule has 0 spiro atoms. The van der Waals surface area contributed by atoms with Gasteiger partial charge in [0, 0.05) is 11.7 Å². The van der Waals surface area contributed by atoms with E-state index in [0.29, 0.717) is 18.7 Å². The van der Waals surface area contributed by atoms with Gasteiger partial charge in [-0.3, -0.25) is 9.69 Å². The minimum Gasteiger partial charge on any atom is -0.467 e. The minimum absolute atomic E-state index is 0.00640. The third kappa shape index (κ3) is 4.30. The lowest BCUT2D eigenvalue weighted by Crippen LogP contribution is -2.37. The summed E-state index contributed by atoms with van der Waals surface area (Å²) >= 11 is 0. The lowest BCUT2D eigenvalue weighted by molar-refractivity contribution is -0.117. The molecule has 2 N–H and O–H groups in total. The smallest absolute Gasteiger partial charge is 0.238 e. The van der Waals surface area contributed by atoms with Crippen molar-refractivity contribution >= 4 is 11.6 Å². The highest BCUT2D eigenvalue weighted by atomic mass is 16.4. The molecule has 0 saturated carbocycles. The zero-order chi connectivity index (χ0) is 17.8. The molecule has 2 aromatic rings. The third-order valence-electron chi connectivity index (χ3n) is 5.09. The first-order chi connectivity index (χ1) is 12.0. The Bertz CT molecular complexity index is 712. The zero-order valence-electron chi connectivity index (χ0n) is 14.9. The van der Waals surface area contributed by atoms with Gasteiger partial charge in [-0.1, -0.05) is 12.1 Å². The number of likely N-dealkylation sites (tertiary alicyclic amines) is 1. The van der Waals surface area contributed by atoms with Crippen molar-refractivity contribution in [2.24, 2.45) is 0 Å². The van der Waals surface area contributed by atoms with Gasteiger partial charge in [0.15, 0.2) is 0 Å². The Hall–Kier alpha value is -2.11. The zero-order valence-corrected chi connectivity index (χ0v) is 14.9. The van der Waals surface area contributed by atoms with Gasteiger partial charge in [-0.15, -0.1) is 0 Å². The number of hydrogen-bond donors (Lipinski definition) is 2. The molecular formula is C20H26N2O3. The van der Waals surface area contributed by atoms with Gasteiger partial charge in [0.25, 0.3) is 0 Å². The summed E-state index contributed by atoms with van der Waals surface area (Å²) in [6.45, 7) is 5.29. The highest BCUT2D eigenvalue weighted by Crippen LogP contribution is 2.27. The largest absolute Gasteiger partial charge is 0.467 e. The predicted octanol–water partition coefficient (Wildman–Crippen LogP) is 3.42. The van der Waals surface area contributed by atoms with E-state index in [2.05, 4.69) is 10.2 Å². The first kappa shape index (κ1) is 17.7. The number of rotatable bonds is 6. The van der Waals surface area contributed by atoms with Crippen molar-refractivity contribution in [1.29, 1.82) is 0 Å². The molecule has 1 amide bonds. The van der Waals surface area contributed by atoms with E-state index in [4.69, 9.17) is 4.42 Å². The number of aliphatic hydroxyl groups excluding tert-OH is 1. The van der Waals surface area contributed by atoms with Crippen LogP contribution in [0.4, 0.5) is 5.69 Å². The first-order valence-electron chi connectivity index (χ1n) is 8.86. The molecule has 134 valence electrons. The van der Waals surface area contributed by atoms with Crippen LogP contribution in [-0.4, -0.2) is 35.0 Å². The molecular weight excluding hydrogens is 316 g/mol. The Balaban J connectivity index is 1.57. The van der Waals surface area contributed by atoms with Gasteiger partial charge in [-0.05, 0) is 69.0 Å². The molecule has 1 aliphatic rings. The molecule has 5 heteroatoms. The maximum atomic E-state index is 12.5. The molecule has 1 aromatic carbocycles. The third-order valence-corrected chi connectivity index (χ3v) is 5.09. The Morgan fingerprint density at radius 2 is 2.20 bits per heavy atom. The van der Waals surface area contributed by atoms with Gasteiger partial charge >= 0.3 is 0 Å². The highest BCUT2D eigenvalue weighted by Gasteiger charge is 2.29. The number of aryl methyl sites for hydroxylation is 1. The van der Waals surface area contributed by atoms with E-state index in [1.54, 1.807) is 18.4 Å². The first-order valence-corrected chi connectivity index (χ1v) is 8.86. The monoisotopic (exact) mass is 342 g/mol. The van der Waals surface area contributed by atoms with Crippen molar-refractivity contribution in [3.05, 3.63) is 53.5 Å². The maximum absolute atomic E-state index is 12.5. The summed E-state index contributed by atoms with van der Waals surface area (Å²) in [5, 5.41) is 13.3. The Morgan fingerprint density at radius 1 is 1.36 bits per heavy atom. The van der Waals surface area contributed by atoms with Crippen LogP contribution in [-0.2, 0) is 4.79 Å². The molecule has 3 rings (SSSR count). The normalized spacial score (nSPS) is 19.1. The van der Waals surface area contributed by atoms with E-state index in [1.165, 1.54) is 5.56 Å². The van der Waals surface area contributed by atoms with Crippen molar-refractivity contribution in [3.63, 3.8) is 0 Å². The molecule has 2 atom stereocenters. The van der Waals surface area contributed by atoms with Crippen LogP contribution in [0.25, 0.3) is 0 Å². The van der Waals surface area contributed by atoms with Gasteiger partial charge in [0.05, 0.1) is 12.8 Å². The number of carbonyl (C=O) groups excluding carboxylic acids is 1. The number of benzene rings is 1. The summed E-state index contributed by atoms with van der Waals surface area (Å²) in [5.41, 5.74) is 3.14. The summed E-state index contributed by atoms with van der Waals surface area (Å²) in [4.78, 5) is 14.6. The van der Waals surface area contributed by atoms with Gasteiger partial charge in [-0.25, -0.2) is 0 Å². The van der Waals surface area contributed by atoms with Crippen LogP contribution < -0.4 is 5.32 Å². The molecule has 1 fully saturated rings. The lowest BCUT2D eigenvalue weighted by atomic mass is 10.1. The quantitative estimate of drug-likeness (QED) is 0.844. The number of hydrogen-bond acceptors (Lipinski definition) is 4. The Morgan fingerprint density at radius 3 is 2.96 bits per heavy atom. The van der Waals surface area contributed by atoms with Crippen LogP contribution in [0.2, 0.25) is 0 Å². The van der Waals surface area contributed by atoms with Crippen molar-refractivity contribution in [2.75, 3.05) is 18.4 Å². The van der Waals surface area contributed by atoms with E-state index >= 15 is 0 Å². The second-order valence-electron chi connectivity index (χ2n) is 6.83. The number of furan rings is 1. The number of nitrogens with zero attached hydrogens (tertiary/aromatic N) is 1. The van der Waals surface area contributed by atoms with E-state index < -0.39 is 6.10 Å². The summed E-state index contributed by atoms with van der Waals surface area (Å²) in [6, 6.07) is 9.69. The summed E-state index contributed by atoms with van der Waals surface area (Å²) in [6.07, 6.45) is 3.58. The molecule has 5 nitrogen and oxygen atoms in total. The number of amides is 1. The van der Waals surface area contributed by atoms with Crippen LogP contribution in [0.3, 0.4) is 0 Å².